The van der Waals surface area contributed by atoms with Crippen molar-refractivity contribution in [2.75, 3.05) is 6.54 Å². The van der Waals surface area contributed by atoms with Crippen molar-refractivity contribution in [1.29, 1.82) is 0 Å². The number of rotatable bonds is 5. The quantitative estimate of drug-likeness (QED) is 0.546. The molecule has 1 rings (SSSR count). The van der Waals surface area contributed by atoms with Crippen LogP contribution < -0.4 is 0 Å². The highest BCUT2D eigenvalue weighted by Gasteiger charge is 2.36. The van der Waals surface area contributed by atoms with Crippen molar-refractivity contribution in [3.63, 3.8) is 0 Å². The van der Waals surface area contributed by atoms with Gasteiger partial charge in [0.2, 0.25) is 0 Å². The molecule has 17 heavy (non-hydrogen) atoms. The Morgan fingerprint density at radius 1 is 1.29 bits per heavy atom. The number of carbonyl (C=O) groups excluding carboxylic acids is 1. The molecule has 3 nitrogen and oxygen atoms in total. The predicted octanol–water partition coefficient (Wildman–Crippen LogP) is 3.23. The SMILES string of the molecule is CC(C)(C)OC(=O)CN=CCC(C)(C)C1CC1. The molecule has 1 fully saturated rings. The maximum Gasteiger partial charge on any atom is 0.328 e. The van der Waals surface area contributed by atoms with Gasteiger partial charge in [0.05, 0.1) is 0 Å². The number of carbonyl (C=O) groups is 1. The molecule has 1 aliphatic carbocycles. The summed E-state index contributed by atoms with van der Waals surface area (Å²) in [5.41, 5.74) is -0.0860. The van der Waals surface area contributed by atoms with Crippen LogP contribution in [0.15, 0.2) is 4.99 Å². The van der Waals surface area contributed by atoms with Crippen LogP contribution in [0.5, 0.6) is 0 Å². The standard InChI is InChI=1S/C14H25NO2/c1-13(2,3)17-12(16)10-15-9-8-14(4,5)11-6-7-11/h9,11H,6-8,10H2,1-5H3. The van der Waals surface area contributed by atoms with Crippen molar-refractivity contribution in [3.05, 3.63) is 0 Å². The highest BCUT2D eigenvalue weighted by atomic mass is 16.6. The van der Waals surface area contributed by atoms with Crippen molar-refractivity contribution in [3.8, 4) is 0 Å². The summed E-state index contributed by atoms with van der Waals surface area (Å²) in [6.45, 7) is 10.3. The molecule has 0 N–H and O–H groups in total. The van der Waals surface area contributed by atoms with E-state index in [1.165, 1.54) is 12.8 Å². The molecular formula is C14H25NO2. The predicted molar refractivity (Wildman–Crippen MR) is 70.3 cm³/mol. The molecule has 0 atom stereocenters. The summed E-state index contributed by atoms with van der Waals surface area (Å²) < 4.78 is 5.18. The molecule has 0 saturated heterocycles. The van der Waals surface area contributed by atoms with Crippen molar-refractivity contribution in [1.82, 2.24) is 0 Å². The number of aliphatic imine (C=N–C) groups is 1. The van der Waals surface area contributed by atoms with E-state index in [2.05, 4.69) is 18.8 Å². The molecule has 0 unspecified atom stereocenters. The van der Waals surface area contributed by atoms with Crippen LogP contribution in [0, 0.1) is 11.3 Å². The number of ether oxygens (including phenoxy) is 1. The summed E-state index contributed by atoms with van der Waals surface area (Å²) in [6.07, 6.45) is 5.50. The molecule has 0 spiro atoms. The van der Waals surface area contributed by atoms with Crippen LogP contribution in [0.3, 0.4) is 0 Å². The molecule has 3 heteroatoms. The molecule has 0 bridgehead atoms. The normalized spacial score (nSPS) is 17.5. The zero-order chi connectivity index (χ0) is 13.1. The minimum absolute atomic E-state index is 0.137. The Bertz CT molecular complexity index is 296. The Balaban J connectivity index is 2.23. The molecule has 0 radical (unpaired) electrons. The third kappa shape index (κ3) is 5.85. The Hall–Kier alpha value is -0.860. The van der Waals surface area contributed by atoms with E-state index in [0.29, 0.717) is 5.41 Å². The molecule has 98 valence electrons. The lowest BCUT2D eigenvalue weighted by atomic mass is 9.84. The van der Waals surface area contributed by atoms with Crippen LogP contribution in [0.1, 0.15) is 53.9 Å². The molecule has 0 amide bonds. The lowest BCUT2D eigenvalue weighted by molar-refractivity contribution is -0.152. The summed E-state index contributed by atoms with van der Waals surface area (Å²) >= 11 is 0. The summed E-state index contributed by atoms with van der Waals surface area (Å²) in [5.74, 6) is 0.591. The monoisotopic (exact) mass is 239 g/mol. The van der Waals surface area contributed by atoms with E-state index in [-0.39, 0.29) is 12.5 Å². The number of hydrogen-bond donors (Lipinski definition) is 0. The molecular weight excluding hydrogens is 214 g/mol. The second-order valence-electron chi connectivity index (χ2n) is 6.58. The van der Waals surface area contributed by atoms with Crippen LogP contribution >= 0.6 is 0 Å². The third-order valence-corrected chi connectivity index (χ3v) is 3.07. The van der Waals surface area contributed by atoms with Gasteiger partial charge in [0.25, 0.3) is 0 Å². The topological polar surface area (TPSA) is 38.7 Å². The fourth-order valence-electron chi connectivity index (χ4n) is 1.84. The van der Waals surface area contributed by atoms with Gasteiger partial charge in [-0.3, -0.25) is 9.79 Å². The van der Waals surface area contributed by atoms with E-state index in [1.807, 2.05) is 27.0 Å². The highest BCUT2D eigenvalue weighted by molar-refractivity contribution is 5.74. The minimum atomic E-state index is -0.417. The summed E-state index contributed by atoms with van der Waals surface area (Å²) in [6, 6.07) is 0. The summed E-state index contributed by atoms with van der Waals surface area (Å²) in [7, 11) is 0. The van der Waals surface area contributed by atoms with Crippen molar-refractivity contribution >= 4 is 12.2 Å². The average molecular weight is 239 g/mol. The van der Waals surface area contributed by atoms with E-state index in [4.69, 9.17) is 4.74 Å². The van der Waals surface area contributed by atoms with Gasteiger partial charge in [0, 0.05) is 0 Å². The molecule has 0 aromatic carbocycles. The average Bonchev–Trinajstić information content (AvgIpc) is 2.92. The Morgan fingerprint density at radius 2 is 1.88 bits per heavy atom. The van der Waals surface area contributed by atoms with E-state index in [1.54, 1.807) is 0 Å². The molecule has 0 heterocycles. The maximum absolute atomic E-state index is 11.4. The minimum Gasteiger partial charge on any atom is -0.459 e. The van der Waals surface area contributed by atoms with Gasteiger partial charge in [-0.2, -0.15) is 0 Å². The first-order chi connectivity index (χ1) is 7.71. The van der Waals surface area contributed by atoms with Crippen molar-refractivity contribution in [2.24, 2.45) is 16.3 Å². The van der Waals surface area contributed by atoms with Gasteiger partial charge >= 0.3 is 5.97 Å². The molecule has 1 saturated carbocycles. The molecule has 0 aliphatic heterocycles. The van der Waals surface area contributed by atoms with Gasteiger partial charge in [-0.05, 0) is 57.6 Å². The third-order valence-electron chi connectivity index (χ3n) is 3.07. The first-order valence-electron chi connectivity index (χ1n) is 6.41. The highest BCUT2D eigenvalue weighted by Crippen LogP contribution is 2.46. The van der Waals surface area contributed by atoms with Crippen LogP contribution in [0.2, 0.25) is 0 Å². The lowest BCUT2D eigenvalue weighted by Gasteiger charge is -2.21. The first-order valence-corrected chi connectivity index (χ1v) is 6.41. The number of nitrogens with zero attached hydrogens (tertiary/aromatic N) is 1. The second kappa shape index (κ2) is 5.19. The second-order valence-corrected chi connectivity index (χ2v) is 6.58. The van der Waals surface area contributed by atoms with Gasteiger partial charge in [-0.15, -0.1) is 0 Å². The van der Waals surface area contributed by atoms with E-state index < -0.39 is 5.60 Å². The van der Waals surface area contributed by atoms with Gasteiger partial charge < -0.3 is 4.74 Å². The number of hydrogen-bond acceptors (Lipinski definition) is 3. The summed E-state index contributed by atoms with van der Waals surface area (Å²) in [4.78, 5) is 15.5. The summed E-state index contributed by atoms with van der Waals surface area (Å²) in [5, 5.41) is 0. The van der Waals surface area contributed by atoms with Gasteiger partial charge in [-0.1, -0.05) is 13.8 Å². The smallest absolute Gasteiger partial charge is 0.328 e. The van der Waals surface area contributed by atoms with Crippen LogP contribution in [-0.2, 0) is 9.53 Å². The Labute approximate surface area is 105 Å². The van der Waals surface area contributed by atoms with Crippen molar-refractivity contribution in [2.45, 2.75) is 59.5 Å². The molecule has 0 aromatic rings. The van der Waals surface area contributed by atoms with Crippen LogP contribution in [0.4, 0.5) is 0 Å². The molecule has 1 aliphatic rings. The van der Waals surface area contributed by atoms with E-state index >= 15 is 0 Å². The largest absolute Gasteiger partial charge is 0.459 e. The first kappa shape index (κ1) is 14.2. The lowest BCUT2D eigenvalue weighted by Crippen LogP contribution is -2.25. The van der Waals surface area contributed by atoms with Crippen molar-refractivity contribution < 1.29 is 9.53 Å². The molecule has 0 aromatic heterocycles. The zero-order valence-electron chi connectivity index (χ0n) is 11.7. The van der Waals surface area contributed by atoms with Crippen LogP contribution in [-0.4, -0.2) is 24.3 Å². The fraction of sp³-hybridized carbons (Fsp3) is 0.857. The van der Waals surface area contributed by atoms with Gasteiger partial charge in [-0.25, -0.2) is 0 Å². The van der Waals surface area contributed by atoms with Crippen LogP contribution in [0.25, 0.3) is 0 Å². The maximum atomic E-state index is 11.4. The fourth-order valence-corrected chi connectivity index (χ4v) is 1.84. The zero-order valence-corrected chi connectivity index (χ0v) is 11.7. The Kier molecular flexibility index (Phi) is 4.34. The van der Waals surface area contributed by atoms with Gasteiger partial charge in [0.1, 0.15) is 12.1 Å². The van der Waals surface area contributed by atoms with E-state index in [9.17, 15) is 4.79 Å². The van der Waals surface area contributed by atoms with E-state index in [0.717, 1.165) is 12.3 Å². The van der Waals surface area contributed by atoms with Gasteiger partial charge in [0.15, 0.2) is 0 Å². The Morgan fingerprint density at radius 3 is 2.35 bits per heavy atom. The number of esters is 1.